The molecular weight excluding hydrogens is 356 g/mol. The summed E-state index contributed by atoms with van der Waals surface area (Å²) in [6, 6.07) is 10.2. The van der Waals surface area contributed by atoms with E-state index in [2.05, 4.69) is 26.5 Å². The zero-order valence-corrected chi connectivity index (χ0v) is 13.4. The lowest BCUT2D eigenvalue weighted by molar-refractivity contribution is 0.0955. The lowest BCUT2D eigenvalue weighted by atomic mass is 10.1. The smallest absolute Gasteiger partial charge is 0.272 e. The number of aromatic hydroxyl groups is 1. The van der Waals surface area contributed by atoms with Crippen molar-refractivity contribution in [1.82, 2.24) is 5.43 Å². The first-order valence-electron chi connectivity index (χ1n) is 6.06. The van der Waals surface area contributed by atoms with E-state index in [1.165, 1.54) is 6.21 Å². The second-order valence-electron chi connectivity index (χ2n) is 4.34. The van der Waals surface area contributed by atoms with Gasteiger partial charge in [0.25, 0.3) is 5.91 Å². The summed E-state index contributed by atoms with van der Waals surface area (Å²) in [6.45, 7) is 1.78. The number of nitrogens with zero attached hydrogens (tertiary/aromatic N) is 1. The van der Waals surface area contributed by atoms with Crippen LogP contribution in [0.4, 0.5) is 0 Å². The Morgan fingerprint density at radius 3 is 2.81 bits per heavy atom. The molecule has 2 aromatic carbocycles. The number of benzene rings is 2. The molecule has 108 valence electrons. The molecule has 2 aromatic rings. The van der Waals surface area contributed by atoms with E-state index in [0.29, 0.717) is 21.7 Å². The number of halogens is 2. The van der Waals surface area contributed by atoms with Crippen LogP contribution in [0.1, 0.15) is 21.5 Å². The van der Waals surface area contributed by atoms with Gasteiger partial charge >= 0.3 is 0 Å². The first kappa shape index (κ1) is 15.5. The van der Waals surface area contributed by atoms with Crippen LogP contribution >= 0.6 is 27.5 Å². The van der Waals surface area contributed by atoms with Gasteiger partial charge in [0.1, 0.15) is 5.75 Å². The standard InChI is InChI=1S/C15H12BrClN2O2/c1-9-6-11(16)7-10(14(9)20)8-18-19-15(21)12-4-2-3-5-13(12)17/h2-8,20H,1H3,(H,19,21)/b18-8+. The number of carbonyl (C=O) groups is 1. The Balaban J connectivity index is 2.13. The molecule has 0 fully saturated rings. The summed E-state index contributed by atoms with van der Waals surface area (Å²) in [5, 5.41) is 14.1. The third-order valence-corrected chi connectivity index (χ3v) is 3.57. The Kier molecular flexibility index (Phi) is 4.98. The van der Waals surface area contributed by atoms with Crippen LogP contribution in [0.5, 0.6) is 5.75 Å². The molecule has 2 rings (SSSR count). The van der Waals surface area contributed by atoms with Gasteiger partial charge in [0.05, 0.1) is 16.8 Å². The largest absolute Gasteiger partial charge is 0.507 e. The minimum Gasteiger partial charge on any atom is -0.507 e. The highest BCUT2D eigenvalue weighted by Gasteiger charge is 2.08. The number of rotatable bonds is 3. The number of phenols is 1. The topological polar surface area (TPSA) is 61.7 Å². The van der Waals surface area contributed by atoms with E-state index in [0.717, 1.165) is 4.47 Å². The minimum atomic E-state index is -0.414. The monoisotopic (exact) mass is 366 g/mol. The van der Waals surface area contributed by atoms with Crippen molar-refractivity contribution in [1.29, 1.82) is 0 Å². The van der Waals surface area contributed by atoms with E-state index in [4.69, 9.17) is 11.6 Å². The average molecular weight is 368 g/mol. The molecule has 6 heteroatoms. The molecule has 2 N–H and O–H groups in total. The van der Waals surface area contributed by atoms with E-state index in [9.17, 15) is 9.90 Å². The summed E-state index contributed by atoms with van der Waals surface area (Å²) in [4.78, 5) is 11.9. The molecule has 0 unspecified atom stereocenters. The Bertz CT molecular complexity index is 717. The zero-order valence-electron chi connectivity index (χ0n) is 11.1. The van der Waals surface area contributed by atoms with Crippen molar-refractivity contribution in [2.45, 2.75) is 6.92 Å². The molecule has 21 heavy (non-hydrogen) atoms. The van der Waals surface area contributed by atoms with Gasteiger partial charge in [-0.25, -0.2) is 5.43 Å². The van der Waals surface area contributed by atoms with Crippen molar-refractivity contribution in [2.75, 3.05) is 0 Å². The van der Waals surface area contributed by atoms with Gasteiger partial charge < -0.3 is 5.11 Å². The maximum Gasteiger partial charge on any atom is 0.272 e. The molecule has 0 aliphatic carbocycles. The van der Waals surface area contributed by atoms with Crippen molar-refractivity contribution in [3.05, 3.63) is 62.6 Å². The Hall–Kier alpha value is -1.85. The SMILES string of the molecule is Cc1cc(Br)cc(/C=N/NC(=O)c2ccccc2Cl)c1O. The summed E-state index contributed by atoms with van der Waals surface area (Å²) in [6.07, 6.45) is 1.38. The zero-order chi connectivity index (χ0) is 15.4. The lowest BCUT2D eigenvalue weighted by Gasteiger charge is -2.04. The average Bonchev–Trinajstić information content (AvgIpc) is 2.44. The number of phenolic OH excluding ortho intramolecular Hbond substituents is 1. The molecular formula is C15H12BrClN2O2. The fourth-order valence-electron chi connectivity index (χ4n) is 1.73. The third kappa shape index (κ3) is 3.83. The molecule has 0 saturated heterocycles. The Morgan fingerprint density at radius 2 is 2.10 bits per heavy atom. The quantitative estimate of drug-likeness (QED) is 0.639. The van der Waals surface area contributed by atoms with Crippen LogP contribution < -0.4 is 5.43 Å². The number of aryl methyl sites for hydroxylation is 1. The van der Waals surface area contributed by atoms with Crippen molar-refractivity contribution in [3.8, 4) is 5.75 Å². The van der Waals surface area contributed by atoms with Crippen molar-refractivity contribution >= 4 is 39.7 Å². The number of amides is 1. The van der Waals surface area contributed by atoms with Crippen molar-refractivity contribution < 1.29 is 9.90 Å². The predicted molar refractivity (Wildman–Crippen MR) is 87.1 cm³/mol. The number of hydrazone groups is 1. The van der Waals surface area contributed by atoms with Crippen LogP contribution in [-0.2, 0) is 0 Å². The number of hydrogen-bond acceptors (Lipinski definition) is 3. The third-order valence-electron chi connectivity index (χ3n) is 2.78. The molecule has 0 atom stereocenters. The Labute approximate surface area is 135 Å². The first-order valence-corrected chi connectivity index (χ1v) is 7.23. The number of nitrogens with one attached hydrogen (secondary N) is 1. The van der Waals surface area contributed by atoms with Gasteiger partial charge in [-0.2, -0.15) is 5.10 Å². The molecule has 0 aliphatic heterocycles. The van der Waals surface area contributed by atoms with E-state index in [1.54, 1.807) is 43.3 Å². The Morgan fingerprint density at radius 1 is 1.38 bits per heavy atom. The highest BCUT2D eigenvalue weighted by atomic mass is 79.9. The summed E-state index contributed by atoms with van der Waals surface area (Å²) >= 11 is 9.26. The van der Waals surface area contributed by atoms with Gasteiger partial charge in [0.2, 0.25) is 0 Å². The van der Waals surface area contributed by atoms with Crippen LogP contribution in [0.25, 0.3) is 0 Å². The molecule has 0 heterocycles. The van der Waals surface area contributed by atoms with Gasteiger partial charge in [-0.3, -0.25) is 4.79 Å². The van der Waals surface area contributed by atoms with Crippen LogP contribution in [0.2, 0.25) is 5.02 Å². The van der Waals surface area contributed by atoms with Crippen molar-refractivity contribution in [2.24, 2.45) is 5.10 Å². The molecule has 0 radical (unpaired) electrons. The van der Waals surface area contributed by atoms with E-state index in [-0.39, 0.29) is 5.75 Å². The van der Waals surface area contributed by atoms with E-state index >= 15 is 0 Å². The highest BCUT2D eigenvalue weighted by molar-refractivity contribution is 9.10. The normalized spacial score (nSPS) is 10.8. The summed E-state index contributed by atoms with van der Waals surface area (Å²) < 4.78 is 0.816. The molecule has 0 spiro atoms. The first-order chi connectivity index (χ1) is 9.99. The van der Waals surface area contributed by atoms with Crippen LogP contribution in [0.3, 0.4) is 0 Å². The number of carbonyl (C=O) groups excluding carboxylic acids is 1. The van der Waals surface area contributed by atoms with Gasteiger partial charge in [0, 0.05) is 10.0 Å². The maximum absolute atomic E-state index is 11.9. The van der Waals surface area contributed by atoms with Gasteiger partial charge in [0.15, 0.2) is 0 Å². The maximum atomic E-state index is 11.9. The molecule has 0 saturated carbocycles. The minimum absolute atomic E-state index is 0.119. The van der Waals surface area contributed by atoms with Crippen LogP contribution in [0.15, 0.2) is 46.0 Å². The fraction of sp³-hybridized carbons (Fsp3) is 0.0667. The molecule has 0 bridgehead atoms. The summed E-state index contributed by atoms with van der Waals surface area (Å²) in [5.41, 5.74) is 3.93. The predicted octanol–water partition coefficient (Wildman–Crippen LogP) is 3.88. The second kappa shape index (κ2) is 6.74. The molecule has 0 aliphatic rings. The van der Waals surface area contributed by atoms with E-state index < -0.39 is 5.91 Å². The van der Waals surface area contributed by atoms with Gasteiger partial charge in [-0.15, -0.1) is 0 Å². The number of hydrogen-bond donors (Lipinski definition) is 2. The fourth-order valence-corrected chi connectivity index (χ4v) is 2.54. The lowest BCUT2D eigenvalue weighted by Crippen LogP contribution is -2.17. The van der Waals surface area contributed by atoms with Gasteiger partial charge in [-0.05, 0) is 36.8 Å². The highest BCUT2D eigenvalue weighted by Crippen LogP contribution is 2.25. The molecule has 0 aromatic heterocycles. The van der Waals surface area contributed by atoms with Gasteiger partial charge in [-0.1, -0.05) is 39.7 Å². The van der Waals surface area contributed by atoms with E-state index in [1.807, 2.05) is 0 Å². The van der Waals surface area contributed by atoms with Crippen LogP contribution in [-0.4, -0.2) is 17.2 Å². The van der Waals surface area contributed by atoms with Crippen molar-refractivity contribution in [3.63, 3.8) is 0 Å². The molecule has 4 nitrogen and oxygen atoms in total. The van der Waals surface area contributed by atoms with Crippen LogP contribution in [0, 0.1) is 6.92 Å². The summed E-state index contributed by atoms with van der Waals surface area (Å²) in [5.74, 6) is -0.294. The summed E-state index contributed by atoms with van der Waals surface area (Å²) in [7, 11) is 0. The second-order valence-corrected chi connectivity index (χ2v) is 5.66. The molecule has 1 amide bonds.